The summed E-state index contributed by atoms with van der Waals surface area (Å²) in [5.41, 5.74) is 2.35. The molecule has 1 atom stereocenters. The molecule has 0 fully saturated rings. The number of fused-ring (bicyclic) bond motifs is 1. The van der Waals surface area contributed by atoms with Gasteiger partial charge in [-0.25, -0.2) is 4.98 Å². The SMILES string of the molecule is CNC(Cc1cn2ccsc2n1)c1ccncc1. The first kappa shape index (κ1) is 11.4. The van der Waals surface area contributed by atoms with Crippen LogP contribution in [-0.4, -0.2) is 21.4 Å². The van der Waals surface area contributed by atoms with Crippen molar-refractivity contribution in [1.29, 1.82) is 0 Å². The Kier molecular flexibility index (Phi) is 3.08. The van der Waals surface area contributed by atoms with Gasteiger partial charge < -0.3 is 5.32 Å². The normalized spacial score (nSPS) is 12.9. The number of pyridine rings is 1. The molecule has 0 aliphatic carbocycles. The third kappa shape index (κ3) is 2.14. The van der Waals surface area contributed by atoms with Crippen LogP contribution in [-0.2, 0) is 6.42 Å². The Morgan fingerprint density at radius 3 is 2.94 bits per heavy atom. The van der Waals surface area contributed by atoms with Crippen LogP contribution in [0.15, 0.2) is 42.3 Å². The van der Waals surface area contributed by atoms with Gasteiger partial charge in [-0.3, -0.25) is 9.38 Å². The first-order valence-electron chi connectivity index (χ1n) is 5.85. The number of hydrogen-bond acceptors (Lipinski definition) is 4. The van der Waals surface area contributed by atoms with Gasteiger partial charge >= 0.3 is 0 Å². The molecular formula is C13H14N4S. The molecule has 0 bridgehead atoms. The zero-order valence-corrected chi connectivity index (χ0v) is 10.9. The Morgan fingerprint density at radius 2 is 2.22 bits per heavy atom. The maximum absolute atomic E-state index is 4.61. The molecule has 0 aromatic carbocycles. The van der Waals surface area contributed by atoms with Crippen molar-refractivity contribution in [3.8, 4) is 0 Å². The minimum atomic E-state index is 0.276. The molecule has 18 heavy (non-hydrogen) atoms. The highest BCUT2D eigenvalue weighted by molar-refractivity contribution is 7.15. The van der Waals surface area contributed by atoms with Gasteiger partial charge in [-0.2, -0.15) is 0 Å². The molecule has 92 valence electrons. The summed E-state index contributed by atoms with van der Waals surface area (Å²) in [6.07, 6.45) is 8.67. The van der Waals surface area contributed by atoms with E-state index in [1.54, 1.807) is 11.3 Å². The Morgan fingerprint density at radius 1 is 1.39 bits per heavy atom. The summed E-state index contributed by atoms with van der Waals surface area (Å²) in [6.45, 7) is 0. The first-order valence-corrected chi connectivity index (χ1v) is 6.73. The van der Waals surface area contributed by atoms with Crippen LogP contribution in [0.2, 0.25) is 0 Å². The maximum Gasteiger partial charge on any atom is 0.193 e. The van der Waals surface area contributed by atoms with Gasteiger partial charge in [-0.15, -0.1) is 11.3 Å². The Labute approximate surface area is 109 Å². The fourth-order valence-corrected chi connectivity index (χ4v) is 2.78. The molecule has 0 saturated carbocycles. The van der Waals surface area contributed by atoms with E-state index >= 15 is 0 Å². The van der Waals surface area contributed by atoms with Gasteiger partial charge in [0, 0.05) is 42.6 Å². The Hall–Kier alpha value is -1.72. The van der Waals surface area contributed by atoms with Crippen LogP contribution < -0.4 is 5.32 Å². The summed E-state index contributed by atoms with van der Waals surface area (Å²) in [5, 5.41) is 5.38. The smallest absolute Gasteiger partial charge is 0.193 e. The summed E-state index contributed by atoms with van der Waals surface area (Å²) in [6, 6.07) is 4.36. The predicted molar refractivity (Wildman–Crippen MR) is 72.8 cm³/mol. The molecular weight excluding hydrogens is 244 g/mol. The van der Waals surface area contributed by atoms with Crippen molar-refractivity contribution in [2.75, 3.05) is 7.05 Å². The molecule has 3 rings (SSSR count). The Balaban J connectivity index is 1.84. The van der Waals surface area contributed by atoms with Crippen LogP contribution >= 0.6 is 11.3 Å². The number of nitrogens with zero attached hydrogens (tertiary/aromatic N) is 3. The summed E-state index contributed by atoms with van der Waals surface area (Å²) in [7, 11) is 1.98. The molecule has 1 N–H and O–H groups in total. The van der Waals surface area contributed by atoms with Gasteiger partial charge in [-0.1, -0.05) is 0 Å². The van der Waals surface area contributed by atoms with E-state index in [-0.39, 0.29) is 6.04 Å². The van der Waals surface area contributed by atoms with Gasteiger partial charge in [-0.05, 0) is 24.7 Å². The van der Waals surface area contributed by atoms with E-state index < -0.39 is 0 Å². The fraction of sp³-hybridized carbons (Fsp3) is 0.231. The second-order valence-electron chi connectivity index (χ2n) is 4.15. The van der Waals surface area contributed by atoms with Crippen molar-refractivity contribution in [2.24, 2.45) is 0 Å². The summed E-state index contributed by atoms with van der Waals surface area (Å²) in [5.74, 6) is 0. The number of nitrogens with one attached hydrogen (secondary N) is 1. The van der Waals surface area contributed by atoms with Gasteiger partial charge in [0.05, 0.1) is 5.69 Å². The third-order valence-corrected chi connectivity index (χ3v) is 3.78. The predicted octanol–water partition coefficient (Wildman–Crippen LogP) is 2.29. The second kappa shape index (κ2) is 4.88. The topological polar surface area (TPSA) is 42.2 Å². The average Bonchev–Trinajstić information content (AvgIpc) is 2.97. The van der Waals surface area contributed by atoms with Crippen LogP contribution in [0.1, 0.15) is 17.3 Å². The molecule has 1 unspecified atom stereocenters. The molecule has 0 aliphatic rings. The largest absolute Gasteiger partial charge is 0.313 e. The molecule has 4 nitrogen and oxygen atoms in total. The quantitative estimate of drug-likeness (QED) is 0.780. The number of imidazole rings is 1. The standard InChI is InChI=1S/C13H14N4S/c1-14-12(10-2-4-15-5-3-10)8-11-9-17-6-7-18-13(17)16-11/h2-7,9,12,14H,8H2,1H3. The minimum absolute atomic E-state index is 0.276. The lowest BCUT2D eigenvalue weighted by Gasteiger charge is -2.14. The minimum Gasteiger partial charge on any atom is -0.313 e. The number of hydrogen-bond donors (Lipinski definition) is 1. The van der Waals surface area contributed by atoms with Crippen LogP contribution in [0.25, 0.3) is 4.96 Å². The molecule has 0 saturated heterocycles. The van der Waals surface area contributed by atoms with Crippen LogP contribution in [0.5, 0.6) is 0 Å². The number of aromatic nitrogens is 3. The van der Waals surface area contributed by atoms with Crippen molar-refractivity contribution in [3.05, 3.63) is 53.6 Å². The highest BCUT2D eigenvalue weighted by Gasteiger charge is 2.12. The van der Waals surface area contributed by atoms with Crippen molar-refractivity contribution in [3.63, 3.8) is 0 Å². The van der Waals surface area contributed by atoms with Gasteiger partial charge in [0.15, 0.2) is 4.96 Å². The van der Waals surface area contributed by atoms with E-state index in [4.69, 9.17) is 0 Å². The highest BCUT2D eigenvalue weighted by atomic mass is 32.1. The molecule has 3 aromatic heterocycles. The van der Waals surface area contributed by atoms with E-state index in [1.165, 1.54) is 5.56 Å². The monoisotopic (exact) mass is 258 g/mol. The third-order valence-electron chi connectivity index (χ3n) is 3.01. The molecule has 5 heteroatoms. The van der Waals surface area contributed by atoms with Crippen molar-refractivity contribution in [1.82, 2.24) is 19.7 Å². The van der Waals surface area contributed by atoms with Gasteiger partial charge in [0.1, 0.15) is 0 Å². The summed E-state index contributed by atoms with van der Waals surface area (Å²) >= 11 is 1.66. The van der Waals surface area contributed by atoms with Gasteiger partial charge in [0.2, 0.25) is 0 Å². The zero-order valence-electron chi connectivity index (χ0n) is 10.1. The summed E-state index contributed by atoms with van der Waals surface area (Å²) in [4.78, 5) is 9.71. The van der Waals surface area contributed by atoms with E-state index in [9.17, 15) is 0 Å². The lowest BCUT2D eigenvalue weighted by atomic mass is 10.0. The van der Waals surface area contributed by atoms with Crippen LogP contribution in [0.3, 0.4) is 0 Å². The van der Waals surface area contributed by atoms with E-state index in [2.05, 4.69) is 25.9 Å². The summed E-state index contributed by atoms with van der Waals surface area (Å²) < 4.78 is 2.07. The number of thiazole rings is 1. The second-order valence-corrected chi connectivity index (χ2v) is 5.02. The molecule has 3 heterocycles. The molecule has 0 amide bonds. The van der Waals surface area contributed by atoms with Crippen molar-refractivity contribution in [2.45, 2.75) is 12.5 Å². The molecule has 0 spiro atoms. The lowest BCUT2D eigenvalue weighted by Crippen LogP contribution is -2.18. The molecule has 0 radical (unpaired) electrons. The number of likely N-dealkylation sites (N-methyl/N-ethyl adjacent to an activating group) is 1. The lowest BCUT2D eigenvalue weighted by molar-refractivity contribution is 0.585. The van der Waals surface area contributed by atoms with E-state index in [1.807, 2.05) is 43.2 Å². The molecule has 0 aliphatic heterocycles. The molecule has 3 aromatic rings. The van der Waals surface area contributed by atoms with Crippen LogP contribution in [0, 0.1) is 0 Å². The highest BCUT2D eigenvalue weighted by Crippen LogP contribution is 2.19. The zero-order chi connectivity index (χ0) is 12.4. The number of rotatable bonds is 4. The maximum atomic E-state index is 4.61. The van der Waals surface area contributed by atoms with Crippen LogP contribution in [0.4, 0.5) is 0 Å². The van der Waals surface area contributed by atoms with Gasteiger partial charge in [0.25, 0.3) is 0 Å². The first-order chi connectivity index (χ1) is 8.86. The fourth-order valence-electron chi connectivity index (χ4n) is 2.07. The van der Waals surface area contributed by atoms with E-state index in [0.29, 0.717) is 0 Å². The average molecular weight is 258 g/mol. The van der Waals surface area contributed by atoms with Crippen molar-refractivity contribution >= 4 is 16.3 Å². The van der Waals surface area contributed by atoms with E-state index in [0.717, 1.165) is 17.1 Å². The van der Waals surface area contributed by atoms with Crippen molar-refractivity contribution < 1.29 is 0 Å². The Bertz CT molecular complexity index is 600.